The van der Waals surface area contributed by atoms with Gasteiger partial charge in [-0.15, -0.1) is 0 Å². The number of hydrogen-bond donors (Lipinski definition) is 1. The molecule has 0 atom stereocenters. The second-order valence-corrected chi connectivity index (χ2v) is 6.16. The van der Waals surface area contributed by atoms with Crippen LogP contribution in [0.2, 0.25) is 0 Å². The molecule has 0 saturated carbocycles. The third-order valence-electron chi connectivity index (χ3n) is 3.85. The van der Waals surface area contributed by atoms with E-state index in [4.69, 9.17) is 0 Å². The summed E-state index contributed by atoms with van der Waals surface area (Å²) in [7, 11) is 0. The number of likely N-dealkylation sites (tertiary alicyclic amines) is 1. The Hall–Kier alpha value is -1.21. The van der Waals surface area contributed by atoms with Crippen molar-refractivity contribution < 1.29 is 4.92 Å². The van der Waals surface area contributed by atoms with Crippen molar-refractivity contribution in [3.05, 3.63) is 26.3 Å². The predicted molar refractivity (Wildman–Crippen MR) is 86.7 cm³/mol. The van der Waals surface area contributed by atoms with Crippen molar-refractivity contribution in [3.63, 3.8) is 0 Å². The summed E-state index contributed by atoms with van der Waals surface area (Å²) in [5, 5.41) is 14.1. The Bertz CT molecular complexity index is 502. The van der Waals surface area contributed by atoms with Gasteiger partial charge in [0.25, 0.3) is 5.69 Å². The average molecular weight is 357 g/mol. The van der Waals surface area contributed by atoms with Gasteiger partial charge in [0.15, 0.2) is 0 Å². The third-order valence-corrected chi connectivity index (χ3v) is 4.82. The van der Waals surface area contributed by atoms with E-state index in [1.165, 1.54) is 31.9 Å². The summed E-state index contributed by atoms with van der Waals surface area (Å²) in [4.78, 5) is 17.1. The summed E-state index contributed by atoms with van der Waals surface area (Å²) in [6, 6.07) is 0. The van der Waals surface area contributed by atoms with Crippen LogP contribution >= 0.6 is 15.9 Å². The van der Waals surface area contributed by atoms with Gasteiger partial charge in [0, 0.05) is 18.7 Å². The Morgan fingerprint density at radius 2 is 2.05 bits per heavy atom. The van der Waals surface area contributed by atoms with Crippen LogP contribution in [0.25, 0.3) is 0 Å². The van der Waals surface area contributed by atoms with Crippen LogP contribution < -0.4 is 5.32 Å². The second kappa shape index (κ2) is 7.70. The maximum absolute atomic E-state index is 10.9. The van der Waals surface area contributed by atoms with Crippen LogP contribution in [0.3, 0.4) is 0 Å². The van der Waals surface area contributed by atoms with E-state index in [0.29, 0.717) is 15.9 Å². The molecule has 1 saturated heterocycles. The fraction of sp³-hybridized carbons (Fsp3) is 0.643. The van der Waals surface area contributed by atoms with Crippen molar-refractivity contribution in [2.45, 2.75) is 32.6 Å². The largest absolute Gasteiger partial charge is 0.368 e. The lowest BCUT2D eigenvalue weighted by Crippen LogP contribution is -2.30. The van der Waals surface area contributed by atoms with Gasteiger partial charge >= 0.3 is 0 Å². The molecule has 2 rings (SSSR count). The third kappa shape index (κ3) is 4.38. The summed E-state index contributed by atoms with van der Waals surface area (Å²) in [5.74, 6) is 0.674. The molecule has 0 bridgehead atoms. The predicted octanol–water partition coefficient (Wildman–Crippen LogP) is 3.35. The molecule has 0 unspecified atom stereocenters. The molecular formula is C14H21BrN4O2. The van der Waals surface area contributed by atoms with E-state index >= 15 is 0 Å². The highest BCUT2D eigenvalue weighted by Gasteiger charge is 2.17. The maximum Gasteiger partial charge on any atom is 0.291 e. The monoisotopic (exact) mass is 356 g/mol. The minimum Gasteiger partial charge on any atom is -0.368 e. The van der Waals surface area contributed by atoms with Gasteiger partial charge in [-0.1, -0.05) is 12.8 Å². The lowest BCUT2D eigenvalue weighted by Gasteiger charge is -2.20. The van der Waals surface area contributed by atoms with Crippen molar-refractivity contribution in [2.24, 2.45) is 0 Å². The molecule has 6 nitrogen and oxygen atoms in total. The van der Waals surface area contributed by atoms with Gasteiger partial charge in [0.2, 0.25) is 0 Å². The first-order valence-electron chi connectivity index (χ1n) is 7.35. The van der Waals surface area contributed by atoms with E-state index in [0.717, 1.165) is 26.2 Å². The lowest BCUT2D eigenvalue weighted by atomic mass is 10.2. The fourth-order valence-corrected chi connectivity index (χ4v) is 3.01. The van der Waals surface area contributed by atoms with Gasteiger partial charge in [0.1, 0.15) is 12.0 Å². The Morgan fingerprint density at radius 1 is 1.38 bits per heavy atom. The topological polar surface area (TPSA) is 71.3 Å². The fourth-order valence-electron chi connectivity index (χ4n) is 2.57. The van der Waals surface area contributed by atoms with E-state index in [1.54, 1.807) is 6.92 Å². The number of pyridine rings is 1. The first kappa shape index (κ1) is 16.2. The number of anilines is 1. The zero-order chi connectivity index (χ0) is 15.2. The van der Waals surface area contributed by atoms with Crippen molar-refractivity contribution in [1.82, 2.24) is 9.88 Å². The van der Waals surface area contributed by atoms with Crippen LogP contribution in [0.4, 0.5) is 11.5 Å². The van der Waals surface area contributed by atoms with E-state index in [9.17, 15) is 10.1 Å². The Morgan fingerprint density at radius 3 is 2.67 bits per heavy atom. The Labute approximate surface area is 133 Å². The van der Waals surface area contributed by atoms with Crippen LogP contribution in [0, 0.1) is 17.0 Å². The number of aromatic nitrogens is 1. The normalized spacial score (nSPS) is 16.5. The quantitative estimate of drug-likeness (QED) is 0.646. The minimum absolute atomic E-state index is 0.0416. The molecule has 116 valence electrons. The Balaban J connectivity index is 1.91. The van der Waals surface area contributed by atoms with Gasteiger partial charge in [-0.3, -0.25) is 10.1 Å². The molecule has 0 aromatic carbocycles. The van der Waals surface area contributed by atoms with Crippen LogP contribution in [0.1, 0.15) is 31.2 Å². The zero-order valence-corrected chi connectivity index (χ0v) is 13.9. The van der Waals surface area contributed by atoms with Gasteiger partial charge in [-0.2, -0.15) is 0 Å². The molecule has 1 aliphatic rings. The highest BCUT2D eigenvalue weighted by atomic mass is 79.9. The van der Waals surface area contributed by atoms with E-state index in [-0.39, 0.29) is 5.69 Å². The number of hydrogen-bond acceptors (Lipinski definition) is 5. The van der Waals surface area contributed by atoms with Crippen LogP contribution in [0.5, 0.6) is 0 Å². The lowest BCUT2D eigenvalue weighted by molar-refractivity contribution is -0.385. The molecule has 0 spiro atoms. The molecule has 0 radical (unpaired) electrons. The number of rotatable bonds is 5. The van der Waals surface area contributed by atoms with Crippen LogP contribution in [-0.4, -0.2) is 41.0 Å². The SMILES string of the molecule is Cc1c([N+](=O)[O-])cnc(NCCN2CCCCCC2)c1Br. The molecule has 1 aliphatic heterocycles. The molecule has 1 fully saturated rings. The molecule has 0 amide bonds. The highest BCUT2D eigenvalue weighted by Crippen LogP contribution is 2.30. The van der Waals surface area contributed by atoms with E-state index < -0.39 is 4.92 Å². The molecule has 0 aliphatic carbocycles. The molecule has 1 N–H and O–H groups in total. The maximum atomic E-state index is 10.9. The second-order valence-electron chi connectivity index (χ2n) is 5.37. The van der Waals surface area contributed by atoms with Crippen molar-refractivity contribution in [3.8, 4) is 0 Å². The summed E-state index contributed by atoms with van der Waals surface area (Å²) >= 11 is 3.40. The number of nitrogens with one attached hydrogen (secondary N) is 1. The van der Waals surface area contributed by atoms with Crippen molar-refractivity contribution in [2.75, 3.05) is 31.5 Å². The summed E-state index contributed by atoms with van der Waals surface area (Å²) in [6.45, 7) is 5.82. The summed E-state index contributed by atoms with van der Waals surface area (Å²) < 4.78 is 0.674. The van der Waals surface area contributed by atoms with Crippen molar-refractivity contribution >= 4 is 27.4 Å². The van der Waals surface area contributed by atoms with Gasteiger partial charge in [-0.25, -0.2) is 4.98 Å². The molecule has 7 heteroatoms. The standard InChI is InChI=1S/C14H21BrN4O2/c1-11-12(19(20)21)10-17-14(13(11)15)16-6-9-18-7-4-2-3-5-8-18/h10H,2-9H2,1H3,(H,16,17). The molecule has 21 heavy (non-hydrogen) atoms. The minimum atomic E-state index is -0.409. The average Bonchev–Trinajstić information content (AvgIpc) is 2.72. The van der Waals surface area contributed by atoms with Gasteiger partial charge in [-0.05, 0) is 48.8 Å². The number of nitrogens with zero attached hydrogens (tertiary/aromatic N) is 3. The van der Waals surface area contributed by atoms with Crippen LogP contribution in [0.15, 0.2) is 10.7 Å². The van der Waals surface area contributed by atoms with E-state index in [2.05, 4.69) is 31.1 Å². The van der Waals surface area contributed by atoms with Crippen LogP contribution in [-0.2, 0) is 0 Å². The first-order chi connectivity index (χ1) is 10.1. The highest BCUT2D eigenvalue weighted by molar-refractivity contribution is 9.10. The molecular weight excluding hydrogens is 336 g/mol. The number of halogens is 1. The van der Waals surface area contributed by atoms with Gasteiger partial charge < -0.3 is 10.2 Å². The summed E-state index contributed by atoms with van der Waals surface area (Å²) in [6.07, 6.45) is 6.53. The molecule has 2 heterocycles. The first-order valence-corrected chi connectivity index (χ1v) is 8.14. The smallest absolute Gasteiger partial charge is 0.291 e. The van der Waals surface area contributed by atoms with Crippen molar-refractivity contribution in [1.29, 1.82) is 0 Å². The molecule has 1 aromatic rings. The zero-order valence-electron chi connectivity index (χ0n) is 12.3. The summed E-state index contributed by atoms with van der Waals surface area (Å²) in [5.41, 5.74) is 0.646. The van der Waals surface area contributed by atoms with Gasteiger partial charge in [0.05, 0.1) is 9.40 Å². The van der Waals surface area contributed by atoms with E-state index in [1.807, 2.05) is 0 Å². The Kier molecular flexibility index (Phi) is 5.93. The molecule has 1 aromatic heterocycles. The number of nitro groups is 1.